The second-order valence-corrected chi connectivity index (χ2v) is 11.3. The third-order valence-corrected chi connectivity index (χ3v) is 8.23. The van der Waals surface area contributed by atoms with E-state index in [0.717, 1.165) is 29.1 Å². The number of carbonyl (C=O) groups excluding carboxylic acids is 1. The number of likely N-dealkylation sites (tertiary alicyclic amines) is 1. The standard InChI is InChI=1S/C29H28N8O4S/c1-18-16-42-25(31-18)22-9-6-11-37(22)26(38)20-13-21(32-23(14-20)36-12-10-30-17-36)24-34-35-27(41-24)29(2,33-28(39)40)15-19-7-4-3-5-8-19/h3-5,7-8,10,12-14,16-17,22,33H,6,9,11,15H2,1-2H3,(H,39,40)/t22-,29-/m1/s1. The van der Waals surface area contributed by atoms with E-state index < -0.39 is 11.6 Å². The molecule has 1 saturated heterocycles. The van der Waals surface area contributed by atoms with Gasteiger partial charge in [-0.05, 0) is 44.4 Å². The molecule has 0 saturated carbocycles. The van der Waals surface area contributed by atoms with Crippen molar-refractivity contribution in [2.24, 2.45) is 0 Å². The van der Waals surface area contributed by atoms with E-state index in [1.165, 1.54) is 0 Å². The van der Waals surface area contributed by atoms with E-state index in [2.05, 4.69) is 30.5 Å². The number of hydrogen-bond donors (Lipinski definition) is 2. The summed E-state index contributed by atoms with van der Waals surface area (Å²) in [4.78, 5) is 41.0. The molecule has 13 heteroatoms. The molecule has 4 aromatic heterocycles. The van der Waals surface area contributed by atoms with Crippen molar-refractivity contribution in [2.75, 3.05) is 6.54 Å². The van der Waals surface area contributed by atoms with E-state index >= 15 is 0 Å². The summed E-state index contributed by atoms with van der Waals surface area (Å²) in [7, 11) is 0. The summed E-state index contributed by atoms with van der Waals surface area (Å²) in [5, 5.41) is 23.5. The van der Waals surface area contributed by atoms with E-state index in [0.29, 0.717) is 17.9 Å². The number of aromatic nitrogens is 6. The lowest BCUT2D eigenvalue weighted by Gasteiger charge is -2.25. The Balaban J connectivity index is 1.37. The van der Waals surface area contributed by atoms with Crippen LogP contribution in [0.3, 0.4) is 0 Å². The number of pyridine rings is 1. The van der Waals surface area contributed by atoms with Gasteiger partial charge in [-0.25, -0.2) is 19.7 Å². The first-order valence-corrected chi connectivity index (χ1v) is 14.3. The number of aryl methyl sites for hydroxylation is 1. The molecule has 0 unspecified atom stereocenters. The van der Waals surface area contributed by atoms with Gasteiger partial charge in [-0.1, -0.05) is 30.3 Å². The van der Waals surface area contributed by atoms with Gasteiger partial charge >= 0.3 is 6.09 Å². The maximum Gasteiger partial charge on any atom is 0.405 e. The summed E-state index contributed by atoms with van der Waals surface area (Å²) in [6.07, 6.45) is 5.71. The molecular formula is C29H28N8O4S. The molecule has 1 aliphatic rings. The van der Waals surface area contributed by atoms with Crippen molar-refractivity contribution < 1.29 is 19.1 Å². The van der Waals surface area contributed by atoms with E-state index in [9.17, 15) is 14.7 Å². The highest BCUT2D eigenvalue weighted by Crippen LogP contribution is 2.35. The molecule has 12 nitrogen and oxygen atoms in total. The summed E-state index contributed by atoms with van der Waals surface area (Å²) in [5.74, 6) is 0.424. The fourth-order valence-corrected chi connectivity index (χ4v) is 6.14. The SMILES string of the molecule is Cc1csc([C@H]2CCCN2C(=O)c2cc(-c3nnc([C@@](C)(Cc4ccccc4)NC(=O)O)o3)nc(-n3ccnc3)c2)n1. The zero-order valence-electron chi connectivity index (χ0n) is 23.0. The van der Waals surface area contributed by atoms with Crippen LogP contribution in [0.1, 0.15) is 58.3 Å². The molecule has 2 amide bonds. The number of imidazole rings is 1. The lowest BCUT2D eigenvalue weighted by molar-refractivity contribution is 0.0735. The van der Waals surface area contributed by atoms with Crippen LogP contribution >= 0.6 is 11.3 Å². The maximum absolute atomic E-state index is 13.9. The number of nitrogens with one attached hydrogen (secondary N) is 1. The smallest absolute Gasteiger partial charge is 0.405 e. The Morgan fingerprint density at radius 1 is 1.19 bits per heavy atom. The highest BCUT2D eigenvalue weighted by Gasteiger charge is 2.36. The molecular weight excluding hydrogens is 556 g/mol. The van der Waals surface area contributed by atoms with E-state index in [1.807, 2.05) is 47.5 Å². The van der Waals surface area contributed by atoms with E-state index in [4.69, 9.17) is 4.42 Å². The minimum atomic E-state index is -1.23. The van der Waals surface area contributed by atoms with E-state index in [1.54, 1.807) is 53.7 Å². The van der Waals surface area contributed by atoms with Crippen LogP contribution in [0.2, 0.25) is 0 Å². The van der Waals surface area contributed by atoms with Crippen LogP contribution in [0.5, 0.6) is 0 Å². The van der Waals surface area contributed by atoms with Crippen LogP contribution in [0, 0.1) is 6.92 Å². The molecule has 42 heavy (non-hydrogen) atoms. The maximum atomic E-state index is 13.9. The highest BCUT2D eigenvalue weighted by molar-refractivity contribution is 7.09. The molecule has 5 aromatic rings. The fourth-order valence-electron chi connectivity index (χ4n) is 5.20. The average molecular weight is 585 g/mol. The minimum Gasteiger partial charge on any atom is -0.465 e. The lowest BCUT2D eigenvalue weighted by atomic mass is 9.93. The molecule has 1 fully saturated rings. The summed E-state index contributed by atoms with van der Waals surface area (Å²) in [6, 6.07) is 12.7. The topological polar surface area (TPSA) is 152 Å². The Bertz CT molecular complexity index is 1720. The number of thiazole rings is 1. The Labute approximate surface area is 245 Å². The molecule has 6 rings (SSSR count). The fraction of sp³-hybridized carbons (Fsp3) is 0.276. The van der Waals surface area contributed by atoms with Crippen molar-refractivity contribution >= 4 is 23.3 Å². The molecule has 1 aromatic carbocycles. The van der Waals surface area contributed by atoms with Gasteiger partial charge in [-0.3, -0.25) is 9.36 Å². The largest absolute Gasteiger partial charge is 0.465 e. The number of hydrogen-bond acceptors (Lipinski definition) is 9. The summed E-state index contributed by atoms with van der Waals surface area (Å²) < 4.78 is 7.75. The summed E-state index contributed by atoms with van der Waals surface area (Å²) in [6.45, 7) is 4.25. The van der Waals surface area contributed by atoms with Crippen molar-refractivity contribution in [2.45, 2.75) is 44.7 Å². The van der Waals surface area contributed by atoms with Crippen molar-refractivity contribution in [3.8, 4) is 17.4 Å². The quantitative estimate of drug-likeness (QED) is 0.262. The highest BCUT2D eigenvalue weighted by atomic mass is 32.1. The number of rotatable bonds is 8. The number of nitrogens with zero attached hydrogens (tertiary/aromatic N) is 7. The van der Waals surface area contributed by atoms with Crippen molar-refractivity contribution in [3.63, 3.8) is 0 Å². The third kappa shape index (κ3) is 5.50. The average Bonchev–Trinajstić information content (AvgIpc) is 3.79. The molecule has 214 valence electrons. The van der Waals surface area contributed by atoms with Crippen LogP contribution < -0.4 is 5.32 Å². The minimum absolute atomic E-state index is 0.0565. The van der Waals surface area contributed by atoms with Crippen LogP contribution in [0.15, 0.2) is 71.0 Å². The van der Waals surface area contributed by atoms with Gasteiger partial charge in [-0.15, -0.1) is 21.5 Å². The molecule has 0 bridgehead atoms. The second-order valence-electron chi connectivity index (χ2n) is 10.4. The van der Waals surface area contributed by atoms with Gasteiger partial charge in [-0.2, -0.15) is 0 Å². The van der Waals surface area contributed by atoms with Crippen LogP contribution in [0.25, 0.3) is 17.4 Å². The van der Waals surface area contributed by atoms with Gasteiger partial charge in [0, 0.05) is 42.0 Å². The van der Waals surface area contributed by atoms with Crippen molar-refractivity contribution in [1.29, 1.82) is 0 Å². The van der Waals surface area contributed by atoms with Gasteiger partial charge in [0.05, 0.1) is 6.04 Å². The Morgan fingerprint density at radius 3 is 2.74 bits per heavy atom. The Morgan fingerprint density at radius 2 is 2.02 bits per heavy atom. The van der Waals surface area contributed by atoms with Crippen molar-refractivity contribution in [3.05, 3.63) is 94.3 Å². The molecule has 2 N–H and O–H groups in total. The predicted molar refractivity (Wildman–Crippen MR) is 153 cm³/mol. The molecule has 1 aliphatic heterocycles. The van der Waals surface area contributed by atoms with E-state index in [-0.39, 0.29) is 35.8 Å². The zero-order valence-corrected chi connectivity index (χ0v) is 23.8. The second kappa shape index (κ2) is 11.2. The number of carboxylic acid groups (broad SMARTS) is 1. The summed E-state index contributed by atoms with van der Waals surface area (Å²) in [5.41, 5.74) is 1.29. The first kappa shape index (κ1) is 27.3. The first-order valence-electron chi connectivity index (χ1n) is 13.4. The number of amides is 2. The van der Waals surface area contributed by atoms with Crippen LogP contribution in [0.4, 0.5) is 4.79 Å². The van der Waals surface area contributed by atoms with Gasteiger partial charge in [0.2, 0.25) is 5.89 Å². The van der Waals surface area contributed by atoms with Crippen LogP contribution in [-0.2, 0) is 12.0 Å². The molecule has 0 aliphatic carbocycles. The van der Waals surface area contributed by atoms with Gasteiger partial charge in [0.15, 0.2) is 0 Å². The van der Waals surface area contributed by atoms with Crippen molar-refractivity contribution in [1.82, 2.24) is 39.9 Å². The number of carbonyl (C=O) groups is 2. The zero-order chi connectivity index (χ0) is 29.3. The number of benzene rings is 1. The first-order chi connectivity index (χ1) is 20.3. The normalized spacial score (nSPS) is 16.3. The van der Waals surface area contributed by atoms with Gasteiger partial charge in [0.25, 0.3) is 11.8 Å². The molecule has 5 heterocycles. The van der Waals surface area contributed by atoms with Crippen LogP contribution in [-0.4, -0.2) is 58.3 Å². The molecule has 0 spiro atoms. The monoisotopic (exact) mass is 584 g/mol. The third-order valence-electron chi connectivity index (χ3n) is 7.16. The summed E-state index contributed by atoms with van der Waals surface area (Å²) >= 11 is 1.56. The predicted octanol–water partition coefficient (Wildman–Crippen LogP) is 4.79. The lowest BCUT2D eigenvalue weighted by Crippen LogP contribution is -2.44. The van der Waals surface area contributed by atoms with Gasteiger partial charge < -0.3 is 19.7 Å². The molecule has 2 atom stereocenters. The molecule has 0 radical (unpaired) electrons. The van der Waals surface area contributed by atoms with Gasteiger partial charge in [0.1, 0.15) is 28.4 Å². The Hall–Kier alpha value is -4.91. The Kier molecular flexibility index (Phi) is 7.25.